The van der Waals surface area contributed by atoms with Gasteiger partial charge in [0.1, 0.15) is 6.54 Å². The summed E-state index contributed by atoms with van der Waals surface area (Å²) in [4.78, 5) is 33.3. The molecule has 0 radical (unpaired) electrons. The van der Waals surface area contributed by atoms with Gasteiger partial charge in [0.25, 0.3) is 0 Å². The molecule has 0 saturated carbocycles. The summed E-state index contributed by atoms with van der Waals surface area (Å²) in [5.74, 6) is -3.86. The van der Waals surface area contributed by atoms with Crippen LogP contribution in [0.4, 0.5) is 0 Å². The number of allylic oxidation sites excluding steroid dienone is 2. The number of rotatable bonds is 24. The predicted molar refractivity (Wildman–Crippen MR) is 129 cm³/mol. The van der Waals surface area contributed by atoms with E-state index in [2.05, 4.69) is 13.0 Å². The van der Waals surface area contributed by atoms with E-state index in [0.717, 1.165) is 12.8 Å². The minimum Gasteiger partial charge on any atom is -0.544 e. The molecule has 0 unspecified atom stereocenters. The van der Waals surface area contributed by atoms with Crippen LogP contribution in [0.2, 0.25) is 0 Å². The Kier molecular flexibility index (Phi) is 19.5. The van der Waals surface area contributed by atoms with Crippen molar-refractivity contribution in [2.75, 3.05) is 26.2 Å². The normalized spacial score (nSPS) is 11.8. The molecular weight excluding hydrogens is 422 g/mol. The van der Waals surface area contributed by atoms with E-state index in [4.69, 9.17) is 10.2 Å². The Bertz CT molecular complexity index is 520. The third-order valence-corrected chi connectivity index (χ3v) is 6.05. The third-order valence-electron chi connectivity index (χ3n) is 6.05. The van der Waals surface area contributed by atoms with E-state index >= 15 is 0 Å². The number of carbonyl (C=O) groups is 3. The van der Waals surface area contributed by atoms with Crippen molar-refractivity contribution in [3.8, 4) is 0 Å². The van der Waals surface area contributed by atoms with Crippen molar-refractivity contribution in [3.05, 3.63) is 12.2 Å². The lowest BCUT2D eigenvalue weighted by Gasteiger charge is -2.36. The first kappa shape index (κ1) is 31.1. The van der Waals surface area contributed by atoms with E-state index in [1.54, 1.807) is 0 Å². The number of carboxylic acid groups (broad SMARTS) is 3. The molecule has 0 fully saturated rings. The van der Waals surface area contributed by atoms with Gasteiger partial charge in [-0.1, -0.05) is 96.1 Å². The highest BCUT2D eigenvalue weighted by Crippen LogP contribution is 2.14. The van der Waals surface area contributed by atoms with E-state index in [0.29, 0.717) is 12.8 Å². The fraction of sp³-hybridized carbons (Fsp3) is 0.808. The van der Waals surface area contributed by atoms with Crippen LogP contribution in [0.15, 0.2) is 12.2 Å². The van der Waals surface area contributed by atoms with Gasteiger partial charge < -0.3 is 24.6 Å². The Hall–Kier alpha value is -1.89. The quantitative estimate of drug-likeness (QED) is 0.122. The lowest BCUT2D eigenvalue weighted by atomic mass is 10.0. The van der Waals surface area contributed by atoms with Crippen LogP contribution in [0.1, 0.15) is 110 Å². The van der Waals surface area contributed by atoms with Crippen LogP contribution in [0.3, 0.4) is 0 Å². The van der Waals surface area contributed by atoms with Crippen molar-refractivity contribution < 1.29 is 34.2 Å². The Morgan fingerprint density at radius 3 is 1.42 bits per heavy atom. The monoisotopic (exact) mass is 469 g/mol. The van der Waals surface area contributed by atoms with Gasteiger partial charge in [-0.25, -0.2) is 9.59 Å². The highest BCUT2D eigenvalue weighted by atomic mass is 16.4. The van der Waals surface area contributed by atoms with Gasteiger partial charge in [-0.3, -0.25) is 0 Å². The van der Waals surface area contributed by atoms with E-state index < -0.39 is 42.0 Å². The molecule has 7 nitrogen and oxygen atoms in total. The van der Waals surface area contributed by atoms with Crippen LogP contribution < -0.4 is 5.11 Å². The Balaban J connectivity index is 3.85. The minimum atomic E-state index is -1.43. The molecule has 0 rings (SSSR count). The van der Waals surface area contributed by atoms with Gasteiger partial charge in [0.2, 0.25) is 0 Å². The van der Waals surface area contributed by atoms with Gasteiger partial charge in [-0.2, -0.15) is 0 Å². The van der Waals surface area contributed by atoms with Gasteiger partial charge in [0.05, 0.1) is 12.5 Å². The molecule has 0 aromatic rings. The smallest absolute Gasteiger partial charge is 0.359 e. The zero-order valence-electron chi connectivity index (χ0n) is 20.8. The van der Waals surface area contributed by atoms with E-state index in [1.807, 2.05) is 6.08 Å². The van der Waals surface area contributed by atoms with Crippen molar-refractivity contribution in [2.45, 2.75) is 110 Å². The molecule has 0 aliphatic carbocycles. The molecular formula is C26H47NO6. The minimum absolute atomic E-state index is 0.176. The largest absolute Gasteiger partial charge is 0.544 e. The fourth-order valence-electron chi connectivity index (χ4n) is 4.31. The maximum absolute atomic E-state index is 11.1. The van der Waals surface area contributed by atoms with Crippen LogP contribution >= 0.6 is 0 Å². The molecule has 0 aromatic carbocycles. The van der Waals surface area contributed by atoms with E-state index in [9.17, 15) is 19.5 Å². The SMILES string of the molecule is CCCCCCCCCCCCCCC/C=C/CCC[N+](CC(=O)[O-])(CC(=O)O)CC(=O)O. The molecule has 0 spiro atoms. The Labute approximate surface area is 200 Å². The summed E-state index contributed by atoms with van der Waals surface area (Å²) in [5.41, 5.74) is 0. The van der Waals surface area contributed by atoms with Gasteiger partial charge >= 0.3 is 11.9 Å². The molecule has 33 heavy (non-hydrogen) atoms. The Morgan fingerprint density at radius 2 is 1.03 bits per heavy atom. The first-order chi connectivity index (χ1) is 15.8. The molecule has 0 bridgehead atoms. The van der Waals surface area contributed by atoms with Crippen LogP contribution in [0.5, 0.6) is 0 Å². The summed E-state index contributed by atoms with van der Waals surface area (Å²) in [5, 5.41) is 29.2. The van der Waals surface area contributed by atoms with Crippen LogP contribution in [-0.4, -0.2) is 58.8 Å². The van der Waals surface area contributed by atoms with Crippen molar-refractivity contribution in [3.63, 3.8) is 0 Å². The fourth-order valence-corrected chi connectivity index (χ4v) is 4.31. The lowest BCUT2D eigenvalue weighted by molar-refractivity contribution is -0.909. The zero-order valence-corrected chi connectivity index (χ0v) is 20.8. The molecule has 0 aliphatic rings. The number of hydrogen-bond acceptors (Lipinski definition) is 4. The average Bonchev–Trinajstić information content (AvgIpc) is 2.71. The molecule has 192 valence electrons. The molecule has 0 atom stereocenters. The highest BCUT2D eigenvalue weighted by molar-refractivity contribution is 5.72. The number of nitrogens with zero attached hydrogens (tertiary/aromatic N) is 1. The summed E-state index contributed by atoms with van der Waals surface area (Å²) in [6.07, 6.45) is 23.6. The van der Waals surface area contributed by atoms with Crippen LogP contribution in [-0.2, 0) is 14.4 Å². The summed E-state index contributed by atoms with van der Waals surface area (Å²) in [7, 11) is 0. The average molecular weight is 470 g/mol. The number of carboxylic acids is 3. The number of carbonyl (C=O) groups excluding carboxylic acids is 1. The number of unbranched alkanes of at least 4 members (excludes halogenated alkanes) is 14. The van der Waals surface area contributed by atoms with E-state index in [-0.39, 0.29) is 6.54 Å². The molecule has 0 saturated heterocycles. The molecule has 0 aliphatic heterocycles. The number of aliphatic carboxylic acids is 3. The van der Waals surface area contributed by atoms with Crippen molar-refractivity contribution in [2.24, 2.45) is 0 Å². The molecule has 7 heteroatoms. The second-order valence-corrected chi connectivity index (χ2v) is 9.34. The first-order valence-electron chi connectivity index (χ1n) is 12.9. The predicted octanol–water partition coefficient (Wildman–Crippen LogP) is 4.54. The maximum atomic E-state index is 11.1. The molecule has 0 aromatic heterocycles. The number of hydrogen-bond donors (Lipinski definition) is 2. The van der Waals surface area contributed by atoms with Crippen molar-refractivity contribution in [1.82, 2.24) is 0 Å². The lowest BCUT2D eigenvalue weighted by Crippen LogP contribution is -2.59. The molecule has 0 heterocycles. The van der Waals surface area contributed by atoms with Gasteiger partial charge in [-0.15, -0.1) is 0 Å². The van der Waals surface area contributed by atoms with Gasteiger partial charge in [0.15, 0.2) is 13.1 Å². The highest BCUT2D eigenvalue weighted by Gasteiger charge is 2.33. The molecule has 2 N–H and O–H groups in total. The summed E-state index contributed by atoms with van der Waals surface area (Å²) >= 11 is 0. The Morgan fingerprint density at radius 1 is 0.636 bits per heavy atom. The zero-order chi connectivity index (χ0) is 24.8. The van der Waals surface area contributed by atoms with Crippen molar-refractivity contribution in [1.29, 1.82) is 0 Å². The number of quaternary nitrogens is 1. The maximum Gasteiger partial charge on any atom is 0.359 e. The van der Waals surface area contributed by atoms with Crippen LogP contribution in [0, 0.1) is 0 Å². The first-order valence-corrected chi connectivity index (χ1v) is 12.9. The van der Waals surface area contributed by atoms with Crippen molar-refractivity contribution >= 4 is 17.9 Å². The van der Waals surface area contributed by atoms with Gasteiger partial charge in [0, 0.05) is 6.42 Å². The second kappa shape index (κ2) is 20.7. The van der Waals surface area contributed by atoms with Crippen LogP contribution in [0.25, 0.3) is 0 Å². The standard InChI is InChI=1S/C26H47NO6/c1-2-3-4-5-6-7-8-9-10-11-12-13-14-15-16-17-18-19-20-27(21-24(28)29,22-25(30)31)23-26(32)33/h16-17H,2-15,18-23H2,1H3,(H2-,28,29,30,31,32,33)/b17-16+. The third kappa shape index (κ3) is 20.4. The van der Waals surface area contributed by atoms with E-state index in [1.165, 1.54) is 77.0 Å². The summed E-state index contributed by atoms with van der Waals surface area (Å²) < 4.78 is -0.528. The topological polar surface area (TPSA) is 115 Å². The summed E-state index contributed by atoms with van der Waals surface area (Å²) in [6.45, 7) is 0.741. The van der Waals surface area contributed by atoms with Gasteiger partial charge in [-0.05, 0) is 19.3 Å². The summed E-state index contributed by atoms with van der Waals surface area (Å²) in [6, 6.07) is 0. The second-order valence-electron chi connectivity index (χ2n) is 9.34. The molecule has 0 amide bonds.